The molecule has 0 fully saturated rings. The van der Waals surface area contributed by atoms with E-state index in [1.165, 1.54) is 22.4 Å². The molecule has 0 saturated carbocycles. The second-order valence-electron chi connectivity index (χ2n) is 9.02. The van der Waals surface area contributed by atoms with Crippen LogP contribution < -0.4 is 14.4 Å². The highest BCUT2D eigenvalue weighted by Gasteiger charge is 2.27. The lowest BCUT2D eigenvalue weighted by Crippen LogP contribution is -2.49. The molecule has 38 heavy (non-hydrogen) atoms. The van der Waals surface area contributed by atoms with Crippen molar-refractivity contribution in [2.75, 3.05) is 24.2 Å². The molecule has 210 valence electrons. The summed E-state index contributed by atoms with van der Waals surface area (Å²) in [4.78, 5) is 27.7. The van der Waals surface area contributed by atoms with E-state index in [0.29, 0.717) is 27.0 Å². The van der Waals surface area contributed by atoms with Gasteiger partial charge in [0.1, 0.15) is 11.8 Å². The largest absolute Gasteiger partial charge is 0.495 e. The van der Waals surface area contributed by atoms with Gasteiger partial charge in [-0.3, -0.25) is 13.9 Å². The summed E-state index contributed by atoms with van der Waals surface area (Å²) in [5.41, 5.74) is 1.07. The Kier molecular flexibility index (Phi) is 12.0. The molecule has 12 heteroatoms. The summed E-state index contributed by atoms with van der Waals surface area (Å²) < 4.78 is 31.4. The van der Waals surface area contributed by atoms with Gasteiger partial charge in [-0.25, -0.2) is 8.42 Å². The van der Waals surface area contributed by atoms with E-state index in [9.17, 15) is 18.0 Å². The van der Waals surface area contributed by atoms with Crippen LogP contribution >= 0.6 is 34.8 Å². The molecule has 0 unspecified atom stereocenters. The minimum atomic E-state index is -3.66. The number of amides is 2. The maximum Gasteiger partial charge on any atom is 0.242 e. The summed E-state index contributed by atoms with van der Waals surface area (Å²) in [6.45, 7) is 5.68. The van der Waals surface area contributed by atoms with Gasteiger partial charge in [0, 0.05) is 25.6 Å². The van der Waals surface area contributed by atoms with Gasteiger partial charge in [0.05, 0.1) is 34.1 Å². The van der Waals surface area contributed by atoms with E-state index in [2.05, 4.69) is 5.32 Å². The number of ether oxygens (including phenoxy) is 1. The highest BCUT2D eigenvalue weighted by molar-refractivity contribution is 7.92. The van der Waals surface area contributed by atoms with Crippen molar-refractivity contribution in [3.8, 4) is 5.75 Å². The summed E-state index contributed by atoms with van der Waals surface area (Å²) in [5, 5.41) is 3.91. The van der Waals surface area contributed by atoms with Gasteiger partial charge < -0.3 is 15.0 Å². The van der Waals surface area contributed by atoms with Gasteiger partial charge in [0.2, 0.25) is 21.8 Å². The smallest absolute Gasteiger partial charge is 0.242 e. The summed E-state index contributed by atoms with van der Waals surface area (Å²) in [5.74, 6) is -0.163. The number of benzene rings is 2. The Hall–Kier alpha value is -2.20. The Morgan fingerprint density at radius 1 is 1.03 bits per heavy atom. The molecule has 0 heterocycles. The quantitative estimate of drug-likeness (QED) is 0.323. The van der Waals surface area contributed by atoms with Crippen LogP contribution in [-0.2, 0) is 26.2 Å². The van der Waals surface area contributed by atoms with Crippen LogP contribution in [0.25, 0.3) is 0 Å². The molecular formula is C26H34Cl3N3O5S. The Balaban J connectivity index is 2.22. The number of rotatable bonds is 13. The summed E-state index contributed by atoms with van der Waals surface area (Å²) in [6.07, 6.45) is 2.06. The van der Waals surface area contributed by atoms with Gasteiger partial charge in [-0.15, -0.1) is 0 Å². The van der Waals surface area contributed by atoms with Crippen molar-refractivity contribution in [1.29, 1.82) is 0 Å². The summed E-state index contributed by atoms with van der Waals surface area (Å²) >= 11 is 18.4. The molecule has 2 rings (SSSR count). The van der Waals surface area contributed by atoms with Crippen LogP contribution in [0.5, 0.6) is 5.75 Å². The molecule has 0 aromatic heterocycles. The SMILES string of the molecule is CC[C@H](C)NC(=O)[C@H](C)N(Cc1ccc(Cl)c(Cl)c1)C(=O)CCCN(c1ccc(OC)c(Cl)c1)S(C)(=O)=O. The van der Waals surface area contributed by atoms with Crippen LogP contribution in [0, 0.1) is 0 Å². The third kappa shape index (κ3) is 8.93. The fourth-order valence-electron chi connectivity index (χ4n) is 3.70. The van der Waals surface area contributed by atoms with Gasteiger partial charge in [-0.05, 0) is 62.6 Å². The van der Waals surface area contributed by atoms with Crippen molar-refractivity contribution >= 4 is 62.3 Å². The molecule has 0 bridgehead atoms. The van der Waals surface area contributed by atoms with E-state index in [0.717, 1.165) is 12.7 Å². The molecule has 0 radical (unpaired) electrons. The van der Waals surface area contributed by atoms with E-state index in [-0.39, 0.29) is 48.8 Å². The number of nitrogens with zero attached hydrogens (tertiary/aromatic N) is 2. The second-order valence-corrected chi connectivity index (χ2v) is 12.1. The van der Waals surface area contributed by atoms with Gasteiger partial charge in [0.25, 0.3) is 0 Å². The zero-order valence-corrected chi connectivity index (χ0v) is 25.2. The number of sulfonamides is 1. The molecule has 0 aliphatic rings. The Labute approximate surface area is 240 Å². The Morgan fingerprint density at radius 3 is 2.26 bits per heavy atom. The van der Waals surface area contributed by atoms with Crippen molar-refractivity contribution < 1.29 is 22.7 Å². The van der Waals surface area contributed by atoms with Crippen molar-refractivity contribution in [1.82, 2.24) is 10.2 Å². The van der Waals surface area contributed by atoms with E-state index in [4.69, 9.17) is 39.5 Å². The number of carbonyl (C=O) groups is 2. The average molecular weight is 607 g/mol. The first-order valence-electron chi connectivity index (χ1n) is 12.1. The highest BCUT2D eigenvalue weighted by Crippen LogP contribution is 2.30. The first-order valence-corrected chi connectivity index (χ1v) is 15.1. The van der Waals surface area contributed by atoms with Crippen LogP contribution in [0.2, 0.25) is 15.1 Å². The molecule has 1 N–H and O–H groups in total. The summed E-state index contributed by atoms with van der Waals surface area (Å²) in [6, 6.07) is 8.89. The van der Waals surface area contributed by atoms with Crippen LogP contribution in [0.15, 0.2) is 36.4 Å². The van der Waals surface area contributed by atoms with Crippen molar-refractivity contribution in [3.05, 3.63) is 57.0 Å². The lowest BCUT2D eigenvalue weighted by molar-refractivity contribution is -0.140. The third-order valence-corrected chi connectivity index (χ3v) is 8.31. The second kappa shape index (κ2) is 14.3. The third-order valence-electron chi connectivity index (χ3n) is 6.08. The number of halogens is 3. The van der Waals surface area contributed by atoms with Gasteiger partial charge in [-0.1, -0.05) is 47.8 Å². The van der Waals surface area contributed by atoms with Crippen molar-refractivity contribution in [3.63, 3.8) is 0 Å². The molecule has 0 saturated heterocycles. The Bertz CT molecular complexity index is 1240. The standard InChI is InChI=1S/C26H34Cl3N3O5S/c1-6-17(2)30-26(34)18(3)31(16-19-9-11-21(27)22(28)14-19)25(33)8-7-13-32(38(5,35)36)20-10-12-24(37-4)23(29)15-20/h9-12,14-15,17-18H,6-8,13,16H2,1-5H3,(H,30,34)/t17-,18-/m0/s1. The number of carbonyl (C=O) groups excluding carboxylic acids is 2. The molecule has 0 aliphatic carbocycles. The predicted molar refractivity (Wildman–Crippen MR) is 154 cm³/mol. The molecule has 2 aromatic rings. The van der Waals surface area contributed by atoms with Gasteiger partial charge >= 0.3 is 0 Å². The van der Waals surface area contributed by atoms with Gasteiger partial charge in [0.15, 0.2) is 0 Å². The maximum absolute atomic E-state index is 13.4. The summed E-state index contributed by atoms with van der Waals surface area (Å²) in [7, 11) is -2.19. The fourth-order valence-corrected chi connectivity index (χ4v) is 5.23. The number of hydrogen-bond acceptors (Lipinski definition) is 5. The lowest BCUT2D eigenvalue weighted by atomic mass is 10.1. The van der Waals surface area contributed by atoms with Crippen LogP contribution in [0.1, 0.15) is 45.6 Å². The highest BCUT2D eigenvalue weighted by atomic mass is 35.5. The monoisotopic (exact) mass is 605 g/mol. The fraction of sp³-hybridized carbons (Fsp3) is 0.462. The first kappa shape index (κ1) is 32.0. The number of hydrogen-bond donors (Lipinski definition) is 1. The molecule has 2 amide bonds. The molecule has 2 atom stereocenters. The number of anilines is 1. The Morgan fingerprint density at radius 2 is 1.71 bits per heavy atom. The van der Waals surface area contributed by atoms with Crippen molar-refractivity contribution in [2.45, 2.75) is 58.7 Å². The molecule has 2 aromatic carbocycles. The lowest BCUT2D eigenvalue weighted by Gasteiger charge is -2.30. The number of methoxy groups -OCH3 is 1. The zero-order valence-electron chi connectivity index (χ0n) is 22.1. The molecule has 8 nitrogen and oxygen atoms in total. The normalized spacial score (nSPS) is 12.9. The number of nitrogens with one attached hydrogen (secondary N) is 1. The van der Waals surface area contributed by atoms with E-state index >= 15 is 0 Å². The molecule has 0 aliphatic heterocycles. The average Bonchev–Trinajstić information content (AvgIpc) is 2.85. The van der Waals surface area contributed by atoms with Gasteiger partial charge in [-0.2, -0.15) is 0 Å². The van der Waals surface area contributed by atoms with E-state index < -0.39 is 16.1 Å². The van der Waals surface area contributed by atoms with E-state index in [1.807, 2.05) is 13.8 Å². The first-order chi connectivity index (χ1) is 17.8. The van der Waals surface area contributed by atoms with Crippen LogP contribution in [-0.4, -0.2) is 57.1 Å². The van der Waals surface area contributed by atoms with E-state index in [1.54, 1.807) is 37.3 Å². The van der Waals surface area contributed by atoms with Crippen LogP contribution in [0.3, 0.4) is 0 Å². The minimum Gasteiger partial charge on any atom is -0.495 e. The topological polar surface area (TPSA) is 96.0 Å². The van der Waals surface area contributed by atoms with Crippen LogP contribution in [0.4, 0.5) is 5.69 Å². The zero-order chi connectivity index (χ0) is 28.6. The minimum absolute atomic E-state index is 0.0121. The molecule has 0 spiro atoms. The van der Waals surface area contributed by atoms with Crippen molar-refractivity contribution in [2.24, 2.45) is 0 Å². The molecular weight excluding hydrogens is 573 g/mol. The maximum atomic E-state index is 13.4. The predicted octanol–water partition coefficient (Wildman–Crippen LogP) is 5.53.